The van der Waals surface area contributed by atoms with Crippen LogP contribution in [0.2, 0.25) is 0 Å². The van der Waals surface area contributed by atoms with E-state index in [1.807, 2.05) is 19.1 Å². The number of hydrogen-bond acceptors (Lipinski definition) is 2. The second-order valence-corrected chi connectivity index (χ2v) is 5.13. The van der Waals surface area contributed by atoms with Gasteiger partial charge in [-0.25, -0.2) is 0 Å². The summed E-state index contributed by atoms with van der Waals surface area (Å²) < 4.78 is 5.58. The van der Waals surface area contributed by atoms with Gasteiger partial charge in [0.2, 0.25) is 0 Å². The Bertz CT molecular complexity index is 388. The van der Waals surface area contributed by atoms with Gasteiger partial charge in [0, 0.05) is 5.54 Å². The first-order chi connectivity index (χ1) is 8.10. The molecule has 2 nitrogen and oxygen atoms in total. The third-order valence-electron chi connectivity index (χ3n) is 3.41. The molecule has 0 unspecified atom stereocenters. The lowest BCUT2D eigenvalue weighted by molar-refractivity contribution is 0.352. The van der Waals surface area contributed by atoms with E-state index in [0.717, 1.165) is 24.2 Å². The summed E-state index contributed by atoms with van der Waals surface area (Å²) in [5.74, 6) is 0.887. The smallest absolute Gasteiger partial charge is 0.119 e. The zero-order valence-electron chi connectivity index (χ0n) is 10.5. The van der Waals surface area contributed by atoms with Crippen LogP contribution >= 0.6 is 0 Å². The van der Waals surface area contributed by atoms with Crippen LogP contribution in [0.3, 0.4) is 0 Å². The van der Waals surface area contributed by atoms with Crippen molar-refractivity contribution in [1.29, 1.82) is 0 Å². The quantitative estimate of drug-likeness (QED) is 0.806. The molecular formula is C15H21NO. The summed E-state index contributed by atoms with van der Waals surface area (Å²) in [5, 5.41) is 0. The highest BCUT2D eigenvalue weighted by atomic mass is 16.5. The van der Waals surface area contributed by atoms with E-state index in [1.165, 1.54) is 18.4 Å². The minimum absolute atomic E-state index is 0.104. The maximum Gasteiger partial charge on any atom is 0.119 e. The van der Waals surface area contributed by atoms with Gasteiger partial charge in [-0.1, -0.05) is 31.6 Å². The van der Waals surface area contributed by atoms with Gasteiger partial charge in [0.25, 0.3) is 0 Å². The highest BCUT2D eigenvalue weighted by Gasteiger charge is 2.30. The van der Waals surface area contributed by atoms with E-state index < -0.39 is 0 Å². The van der Waals surface area contributed by atoms with Crippen molar-refractivity contribution in [2.24, 2.45) is 5.73 Å². The summed E-state index contributed by atoms with van der Waals surface area (Å²) in [6.45, 7) is 6.35. The zero-order valence-corrected chi connectivity index (χ0v) is 10.5. The largest absolute Gasteiger partial charge is 0.489 e. The topological polar surface area (TPSA) is 35.2 Å². The van der Waals surface area contributed by atoms with Crippen molar-refractivity contribution in [3.63, 3.8) is 0 Å². The van der Waals surface area contributed by atoms with Gasteiger partial charge in [-0.05, 0) is 43.0 Å². The molecular weight excluding hydrogens is 210 g/mol. The fourth-order valence-corrected chi connectivity index (χ4v) is 2.38. The standard InChI is InChI=1S/C15H21NO/c1-12(2)11-17-14-7-5-13(6-8-14)15(16)9-3-4-10-15/h5-8H,1,3-4,9-11,16H2,2H3. The molecule has 2 rings (SSSR count). The van der Waals surface area contributed by atoms with E-state index in [4.69, 9.17) is 10.5 Å². The highest BCUT2D eigenvalue weighted by Crippen LogP contribution is 2.36. The van der Waals surface area contributed by atoms with Crippen LogP contribution in [0, 0.1) is 0 Å². The third kappa shape index (κ3) is 2.89. The van der Waals surface area contributed by atoms with Gasteiger partial charge in [-0.2, -0.15) is 0 Å². The lowest BCUT2D eigenvalue weighted by Crippen LogP contribution is -2.32. The molecule has 0 heterocycles. The summed E-state index contributed by atoms with van der Waals surface area (Å²) in [5.41, 5.74) is 8.56. The Labute approximate surface area is 103 Å². The van der Waals surface area contributed by atoms with Crippen molar-refractivity contribution in [2.45, 2.75) is 38.1 Å². The fourth-order valence-electron chi connectivity index (χ4n) is 2.38. The first-order valence-electron chi connectivity index (χ1n) is 6.27. The van der Waals surface area contributed by atoms with Crippen LogP contribution in [0.5, 0.6) is 5.75 Å². The van der Waals surface area contributed by atoms with Crippen LogP contribution in [0.4, 0.5) is 0 Å². The number of hydrogen-bond donors (Lipinski definition) is 1. The molecule has 0 spiro atoms. The molecule has 0 saturated heterocycles. The fraction of sp³-hybridized carbons (Fsp3) is 0.467. The van der Waals surface area contributed by atoms with E-state index in [2.05, 4.69) is 18.7 Å². The number of ether oxygens (including phenoxy) is 1. The van der Waals surface area contributed by atoms with Gasteiger partial charge in [0.05, 0.1) is 0 Å². The van der Waals surface area contributed by atoms with Gasteiger partial charge >= 0.3 is 0 Å². The second kappa shape index (κ2) is 4.92. The normalized spacial score (nSPS) is 18.0. The Balaban J connectivity index is 2.05. The van der Waals surface area contributed by atoms with Gasteiger partial charge in [-0.15, -0.1) is 0 Å². The van der Waals surface area contributed by atoms with Crippen LogP contribution < -0.4 is 10.5 Å². The lowest BCUT2D eigenvalue weighted by atomic mass is 9.89. The summed E-state index contributed by atoms with van der Waals surface area (Å²) in [7, 11) is 0. The average molecular weight is 231 g/mol. The van der Waals surface area contributed by atoms with Crippen LogP contribution in [0.1, 0.15) is 38.2 Å². The molecule has 0 bridgehead atoms. The predicted octanol–water partition coefficient (Wildman–Crippen LogP) is 3.37. The molecule has 0 aromatic heterocycles. The van der Waals surface area contributed by atoms with Crippen LogP contribution in [0.15, 0.2) is 36.4 Å². The monoisotopic (exact) mass is 231 g/mol. The van der Waals surface area contributed by atoms with Crippen molar-refractivity contribution in [2.75, 3.05) is 6.61 Å². The minimum Gasteiger partial charge on any atom is -0.489 e. The van der Waals surface area contributed by atoms with Gasteiger partial charge < -0.3 is 10.5 Å². The molecule has 2 N–H and O–H groups in total. The summed E-state index contributed by atoms with van der Waals surface area (Å²) in [6.07, 6.45) is 4.67. The van der Waals surface area contributed by atoms with E-state index >= 15 is 0 Å². The number of nitrogens with two attached hydrogens (primary N) is 1. The molecule has 0 amide bonds. The maximum atomic E-state index is 6.40. The van der Waals surface area contributed by atoms with Crippen LogP contribution in [-0.4, -0.2) is 6.61 Å². The zero-order chi connectivity index (χ0) is 12.3. The Morgan fingerprint density at radius 1 is 1.29 bits per heavy atom. The molecule has 92 valence electrons. The van der Waals surface area contributed by atoms with Crippen molar-refractivity contribution in [1.82, 2.24) is 0 Å². The molecule has 1 saturated carbocycles. The third-order valence-corrected chi connectivity index (χ3v) is 3.41. The molecule has 1 aromatic rings. The van der Waals surface area contributed by atoms with Crippen molar-refractivity contribution in [3.8, 4) is 5.75 Å². The first kappa shape index (κ1) is 12.2. The summed E-state index contributed by atoms with van der Waals surface area (Å²) in [4.78, 5) is 0. The Morgan fingerprint density at radius 3 is 2.41 bits per heavy atom. The molecule has 0 atom stereocenters. The SMILES string of the molecule is C=C(C)COc1ccc(C2(N)CCCC2)cc1. The van der Waals surface area contributed by atoms with E-state index in [9.17, 15) is 0 Å². The van der Waals surface area contributed by atoms with E-state index in [0.29, 0.717) is 6.61 Å². The maximum absolute atomic E-state index is 6.40. The summed E-state index contributed by atoms with van der Waals surface area (Å²) in [6, 6.07) is 8.20. The predicted molar refractivity (Wildman–Crippen MR) is 71.1 cm³/mol. The molecule has 1 fully saturated rings. The van der Waals surface area contributed by atoms with Gasteiger partial charge in [0.1, 0.15) is 12.4 Å². The number of benzene rings is 1. The first-order valence-corrected chi connectivity index (χ1v) is 6.27. The van der Waals surface area contributed by atoms with E-state index in [1.54, 1.807) is 0 Å². The average Bonchev–Trinajstić information content (AvgIpc) is 2.75. The number of rotatable bonds is 4. The molecule has 1 aromatic carbocycles. The Hall–Kier alpha value is -1.28. The van der Waals surface area contributed by atoms with Crippen molar-refractivity contribution in [3.05, 3.63) is 42.0 Å². The molecule has 1 aliphatic carbocycles. The van der Waals surface area contributed by atoms with Gasteiger partial charge in [-0.3, -0.25) is 0 Å². The molecule has 17 heavy (non-hydrogen) atoms. The molecule has 0 aliphatic heterocycles. The highest BCUT2D eigenvalue weighted by molar-refractivity contribution is 5.32. The molecule has 0 radical (unpaired) electrons. The summed E-state index contributed by atoms with van der Waals surface area (Å²) >= 11 is 0. The second-order valence-electron chi connectivity index (χ2n) is 5.13. The minimum atomic E-state index is -0.104. The molecule has 2 heteroatoms. The molecule has 1 aliphatic rings. The lowest BCUT2D eigenvalue weighted by Gasteiger charge is -2.24. The van der Waals surface area contributed by atoms with Crippen LogP contribution in [-0.2, 0) is 5.54 Å². The van der Waals surface area contributed by atoms with E-state index in [-0.39, 0.29) is 5.54 Å². The van der Waals surface area contributed by atoms with Crippen molar-refractivity contribution < 1.29 is 4.74 Å². The van der Waals surface area contributed by atoms with Gasteiger partial charge in [0.15, 0.2) is 0 Å². The van der Waals surface area contributed by atoms with Crippen LogP contribution in [0.25, 0.3) is 0 Å². The van der Waals surface area contributed by atoms with Crippen molar-refractivity contribution >= 4 is 0 Å². The Morgan fingerprint density at radius 2 is 1.88 bits per heavy atom. The Kier molecular flexibility index (Phi) is 3.53.